The molecule has 0 amide bonds. The molecule has 0 aromatic rings. The summed E-state index contributed by atoms with van der Waals surface area (Å²) in [5.41, 5.74) is 0.316. The quantitative estimate of drug-likeness (QED) is 0.679. The molecule has 0 radical (unpaired) electrons. The molecule has 0 fully saturated rings. The third-order valence-corrected chi connectivity index (χ3v) is 5.22. The van der Waals surface area contributed by atoms with Gasteiger partial charge in [0.1, 0.15) is 0 Å². The maximum absolute atomic E-state index is 10.6. The highest BCUT2D eigenvalue weighted by atomic mass is 16.3. The van der Waals surface area contributed by atoms with E-state index in [9.17, 15) is 10.2 Å². The van der Waals surface area contributed by atoms with E-state index in [-0.39, 0.29) is 5.41 Å². The zero-order valence-corrected chi connectivity index (χ0v) is 15.4. The molecule has 0 spiro atoms. The highest BCUT2D eigenvalue weighted by Gasteiger charge is 2.32. The third-order valence-electron chi connectivity index (χ3n) is 5.22. The van der Waals surface area contributed by atoms with Gasteiger partial charge in [-0.25, -0.2) is 0 Å². The van der Waals surface area contributed by atoms with Crippen LogP contribution in [0.1, 0.15) is 73.6 Å². The highest BCUT2D eigenvalue weighted by molar-refractivity contribution is 5.06. The van der Waals surface area contributed by atoms with Gasteiger partial charge in [0.05, 0.1) is 11.7 Å². The van der Waals surface area contributed by atoms with Crippen LogP contribution in [0.2, 0.25) is 0 Å². The Hall–Kier alpha value is -0.600. The van der Waals surface area contributed by atoms with E-state index in [1.54, 1.807) is 0 Å². The van der Waals surface area contributed by atoms with Gasteiger partial charge >= 0.3 is 0 Å². The van der Waals surface area contributed by atoms with Gasteiger partial charge < -0.3 is 10.2 Å². The summed E-state index contributed by atoms with van der Waals surface area (Å²) in [4.78, 5) is 0. The van der Waals surface area contributed by atoms with Crippen LogP contribution in [0.15, 0.2) is 23.8 Å². The molecule has 2 N–H and O–H groups in total. The van der Waals surface area contributed by atoms with Crippen LogP contribution in [0.25, 0.3) is 0 Å². The number of hydrogen-bond donors (Lipinski definition) is 2. The molecule has 0 unspecified atom stereocenters. The first-order valence-electron chi connectivity index (χ1n) is 8.79. The van der Waals surface area contributed by atoms with Crippen LogP contribution >= 0.6 is 0 Å². The summed E-state index contributed by atoms with van der Waals surface area (Å²) in [6, 6.07) is 0. The standard InChI is InChI=1S/C20H36O2/c1-15(2)17-10-9-16(3)8-7-12-19(4,5)18(21)14-20(6,22)13-11-17/h8,11,13,15,17-18,21-22H,7,9-10,12,14H2,1-6H3/b13-11+,16-8+/t17-,18-,20-/m1/s1. The van der Waals surface area contributed by atoms with Gasteiger partial charge in [0.25, 0.3) is 0 Å². The SMILES string of the molecule is C/C1=C\CCC(C)(C)[C@H](O)C[C@](C)(O)/C=C/[C@H](C(C)C)CC1. The molecule has 0 saturated heterocycles. The van der Waals surface area contributed by atoms with Crippen LogP contribution < -0.4 is 0 Å². The number of hydrogen-bond acceptors (Lipinski definition) is 2. The first kappa shape index (κ1) is 19.4. The van der Waals surface area contributed by atoms with Crippen molar-refractivity contribution >= 4 is 0 Å². The summed E-state index contributed by atoms with van der Waals surface area (Å²) >= 11 is 0. The average Bonchev–Trinajstić information content (AvgIpc) is 2.36. The van der Waals surface area contributed by atoms with Gasteiger partial charge in [0.15, 0.2) is 0 Å². The Balaban J connectivity index is 3.01. The summed E-state index contributed by atoms with van der Waals surface area (Å²) in [5, 5.41) is 21.2. The smallest absolute Gasteiger partial charge is 0.0824 e. The van der Waals surface area contributed by atoms with Crippen molar-refractivity contribution in [1.29, 1.82) is 0 Å². The minimum Gasteiger partial charge on any atom is -0.392 e. The van der Waals surface area contributed by atoms with Crippen LogP contribution in [0, 0.1) is 17.3 Å². The summed E-state index contributed by atoms with van der Waals surface area (Å²) in [6.45, 7) is 12.7. The topological polar surface area (TPSA) is 40.5 Å². The fourth-order valence-electron chi connectivity index (χ4n) is 3.07. The predicted molar refractivity (Wildman–Crippen MR) is 94.7 cm³/mol. The van der Waals surface area contributed by atoms with Crippen molar-refractivity contribution < 1.29 is 10.2 Å². The molecule has 22 heavy (non-hydrogen) atoms. The van der Waals surface area contributed by atoms with Crippen molar-refractivity contribution in [2.24, 2.45) is 17.3 Å². The molecule has 128 valence electrons. The average molecular weight is 309 g/mol. The molecule has 0 bridgehead atoms. The fraction of sp³-hybridized carbons (Fsp3) is 0.800. The zero-order valence-electron chi connectivity index (χ0n) is 15.4. The van der Waals surface area contributed by atoms with Crippen molar-refractivity contribution in [3.05, 3.63) is 23.8 Å². The lowest BCUT2D eigenvalue weighted by Crippen LogP contribution is -2.37. The fourth-order valence-corrected chi connectivity index (χ4v) is 3.07. The second-order valence-electron chi connectivity index (χ2n) is 8.46. The third kappa shape index (κ3) is 6.26. The summed E-state index contributed by atoms with van der Waals surface area (Å²) in [7, 11) is 0. The van der Waals surface area contributed by atoms with E-state index in [0.717, 1.165) is 25.7 Å². The van der Waals surface area contributed by atoms with Crippen LogP contribution in [0.5, 0.6) is 0 Å². The zero-order chi connectivity index (χ0) is 17.0. The Labute approximate surface area is 137 Å². The predicted octanol–water partition coefficient (Wildman–Crippen LogP) is 4.86. The van der Waals surface area contributed by atoms with Crippen molar-refractivity contribution in [3.63, 3.8) is 0 Å². The van der Waals surface area contributed by atoms with Gasteiger partial charge in [-0.3, -0.25) is 0 Å². The van der Waals surface area contributed by atoms with Gasteiger partial charge in [0.2, 0.25) is 0 Å². The molecule has 2 nitrogen and oxygen atoms in total. The van der Waals surface area contributed by atoms with Gasteiger partial charge in [-0.05, 0) is 56.8 Å². The molecular formula is C20H36O2. The van der Waals surface area contributed by atoms with Crippen LogP contribution in [0.4, 0.5) is 0 Å². The molecule has 2 heteroatoms. The molecule has 0 aromatic carbocycles. The highest BCUT2D eigenvalue weighted by Crippen LogP contribution is 2.33. The van der Waals surface area contributed by atoms with E-state index >= 15 is 0 Å². The van der Waals surface area contributed by atoms with Gasteiger partial charge in [-0.2, -0.15) is 0 Å². The molecule has 0 aromatic heterocycles. The second kappa shape index (κ2) is 7.79. The summed E-state index contributed by atoms with van der Waals surface area (Å²) in [5.74, 6) is 1.03. The van der Waals surface area contributed by atoms with E-state index in [1.165, 1.54) is 5.57 Å². The minimum absolute atomic E-state index is 0.180. The van der Waals surface area contributed by atoms with Gasteiger partial charge in [0, 0.05) is 6.42 Å². The lowest BCUT2D eigenvalue weighted by Gasteiger charge is -2.34. The second-order valence-corrected chi connectivity index (χ2v) is 8.46. The monoisotopic (exact) mass is 308 g/mol. The van der Waals surface area contributed by atoms with Gasteiger partial charge in [-0.15, -0.1) is 0 Å². The summed E-state index contributed by atoms with van der Waals surface area (Å²) in [6.07, 6.45) is 10.5. The normalized spacial score (nSPS) is 38.3. The molecule has 0 aliphatic heterocycles. The Morgan fingerprint density at radius 1 is 1.23 bits per heavy atom. The Morgan fingerprint density at radius 2 is 1.86 bits per heavy atom. The summed E-state index contributed by atoms with van der Waals surface area (Å²) < 4.78 is 0. The molecule has 3 atom stereocenters. The van der Waals surface area contributed by atoms with Crippen LogP contribution in [0.3, 0.4) is 0 Å². The van der Waals surface area contributed by atoms with Crippen molar-refractivity contribution in [2.75, 3.05) is 0 Å². The van der Waals surface area contributed by atoms with Crippen LogP contribution in [-0.2, 0) is 0 Å². The number of aliphatic hydroxyl groups excluding tert-OH is 1. The Morgan fingerprint density at radius 3 is 2.45 bits per heavy atom. The largest absolute Gasteiger partial charge is 0.392 e. The van der Waals surface area contributed by atoms with E-state index in [1.807, 2.05) is 13.0 Å². The van der Waals surface area contributed by atoms with Gasteiger partial charge in [-0.1, -0.05) is 51.5 Å². The number of rotatable bonds is 1. The lowest BCUT2D eigenvalue weighted by molar-refractivity contribution is -0.0204. The Kier molecular flexibility index (Phi) is 6.88. The van der Waals surface area contributed by atoms with Crippen molar-refractivity contribution in [2.45, 2.75) is 85.4 Å². The molecule has 1 rings (SSSR count). The molecule has 1 aliphatic carbocycles. The maximum atomic E-state index is 10.6. The van der Waals surface area contributed by atoms with E-state index in [0.29, 0.717) is 18.3 Å². The van der Waals surface area contributed by atoms with E-state index in [4.69, 9.17) is 0 Å². The van der Waals surface area contributed by atoms with Crippen molar-refractivity contribution in [3.8, 4) is 0 Å². The lowest BCUT2D eigenvalue weighted by atomic mass is 9.77. The van der Waals surface area contributed by atoms with Crippen molar-refractivity contribution in [1.82, 2.24) is 0 Å². The Bertz CT molecular complexity index is 402. The molecule has 1 aliphatic rings. The molecule has 0 saturated carbocycles. The number of aliphatic hydroxyl groups is 2. The number of allylic oxidation sites excluding steroid dienone is 3. The van der Waals surface area contributed by atoms with Crippen LogP contribution in [-0.4, -0.2) is 21.9 Å². The first-order valence-corrected chi connectivity index (χ1v) is 8.79. The van der Waals surface area contributed by atoms with E-state index < -0.39 is 11.7 Å². The minimum atomic E-state index is -0.944. The molecular weight excluding hydrogens is 272 g/mol. The maximum Gasteiger partial charge on any atom is 0.0824 e. The van der Waals surface area contributed by atoms with E-state index in [2.05, 4.69) is 46.8 Å². The molecule has 0 heterocycles. The first-order chi connectivity index (χ1) is 10.0.